The topological polar surface area (TPSA) is 88.2 Å². The first-order chi connectivity index (χ1) is 11.2. The third-order valence-electron chi connectivity index (χ3n) is 4.58. The van der Waals surface area contributed by atoms with E-state index < -0.39 is 5.97 Å². The Hall–Kier alpha value is -2.63. The average Bonchev–Trinajstić information content (AvgIpc) is 2.95. The van der Waals surface area contributed by atoms with Gasteiger partial charge in [0.15, 0.2) is 11.4 Å². The van der Waals surface area contributed by atoms with Gasteiger partial charge in [-0.1, -0.05) is 12.1 Å². The molecule has 118 valence electrons. The highest BCUT2D eigenvalue weighted by molar-refractivity contribution is 6.05. The van der Waals surface area contributed by atoms with Gasteiger partial charge in [-0.3, -0.25) is 4.79 Å². The Labute approximate surface area is 132 Å². The molecule has 2 aromatic heterocycles. The van der Waals surface area contributed by atoms with Crippen LogP contribution < -0.4 is 5.32 Å². The van der Waals surface area contributed by atoms with Crippen molar-refractivity contribution < 1.29 is 14.3 Å². The molecule has 6 heteroatoms. The van der Waals surface area contributed by atoms with E-state index >= 15 is 0 Å². The van der Waals surface area contributed by atoms with Crippen molar-refractivity contribution in [2.75, 3.05) is 5.32 Å². The predicted octanol–water partition coefficient (Wildman–Crippen LogP) is 3.43. The molecule has 1 aliphatic carbocycles. The summed E-state index contributed by atoms with van der Waals surface area (Å²) < 4.78 is 5.90. The van der Waals surface area contributed by atoms with Gasteiger partial charge in [0.05, 0.1) is 5.92 Å². The smallest absolute Gasteiger partial charge is 0.306 e. The van der Waals surface area contributed by atoms with Gasteiger partial charge in [-0.05, 0) is 37.8 Å². The molecule has 23 heavy (non-hydrogen) atoms. The van der Waals surface area contributed by atoms with Crippen LogP contribution in [0.2, 0.25) is 0 Å². The van der Waals surface area contributed by atoms with E-state index in [4.69, 9.17) is 9.52 Å². The monoisotopic (exact) mass is 311 g/mol. The van der Waals surface area contributed by atoms with E-state index in [0.717, 1.165) is 29.3 Å². The van der Waals surface area contributed by atoms with Crippen LogP contribution in [0.15, 0.2) is 35.0 Å². The number of para-hydroxylation sites is 1. The van der Waals surface area contributed by atoms with Crippen molar-refractivity contribution in [3.8, 4) is 0 Å². The van der Waals surface area contributed by atoms with Gasteiger partial charge in [-0.2, -0.15) is 0 Å². The fraction of sp³-hybridized carbons (Fsp3) is 0.353. The van der Waals surface area contributed by atoms with Crippen LogP contribution >= 0.6 is 0 Å². The molecular formula is C17H17N3O3. The molecule has 3 aromatic rings. The highest BCUT2D eigenvalue weighted by Gasteiger charge is 2.26. The van der Waals surface area contributed by atoms with Gasteiger partial charge in [0.1, 0.15) is 17.4 Å². The minimum Gasteiger partial charge on any atom is -0.481 e. The summed E-state index contributed by atoms with van der Waals surface area (Å²) in [5, 5.41) is 13.5. The number of rotatable bonds is 3. The lowest BCUT2D eigenvalue weighted by molar-refractivity contribution is -0.142. The number of aliphatic carboxylic acids is 1. The Balaban J connectivity index is 1.61. The molecule has 1 aliphatic rings. The van der Waals surface area contributed by atoms with Crippen molar-refractivity contribution in [2.24, 2.45) is 5.92 Å². The van der Waals surface area contributed by atoms with Crippen molar-refractivity contribution in [1.29, 1.82) is 0 Å². The first kappa shape index (κ1) is 14.0. The van der Waals surface area contributed by atoms with Crippen LogP contribution in [0, 0.1) is 5.92 Å². The summed E-state index contributed by atoms with van der Waals surface area (Å²) in [7, 11) is 0. The molecule has 0 bridgehead atoms. The minimum atomic E-state index is -0.690. The Bertz CT molecular complexity index is 866. The fourth-order valence-electron chi connectivity index (χ4n) is 3.30. The zero-order chi connectivity index (χ0) is 15.8. The lowest BCUT2D eigenvalue weighted by Gasteiger charge is -2.27. The lowest BCUT2D eigenvalue weighted by Crippen LogP contribution is -2.29. The number of furan rings is 1. The molecule has 2 N–H and O–H groups in total. The van der Waals surface area contributed by atoms with Gasteiger partial charge in [-0.25, -0.2) is 9.97 Å². The van der Waals surface area contributed by atoms with Crippen molar-refractivity contribution in [2.45, 2.75) is 31.7 Å². The molecule has 0 radical (unpaired) electrons. The van der Waals surface area contributed by atoms with E-state index in [-0.39, 0.29) is 12.0 Å². The second-order valence-electron chi connectivity index (χ2n) is 6.03. The van der Waals surface area contributed by atoms with Crippen LogP contribution in [0.3, 0.4) is 0 Å². The molecule has 6 nitrogen and oxygen atoms in total. The van der Waals surface area contributed by atoms with Gasteiger partial charge >= 0.3 is 5.97 Å². The molecule has 1 aromatic carbocycles. The van der Waals surface area contributed by atoms with E-state index in [1.807, 2.05) is 24.3 Å². The van der Waals surface area contributed by atoms with Crippen LogP contribution in [-0.2, 0) is 4.79 Å². The van der Waals surface area contributed by atoms with E-state index in [2.05, 4.69) is 15.3 Å². The molecule has 0 amide bonds. The lowest BCUT2D eigenvalue weighted by atomic mass is 9.86. The Kier molecular flexibility index (Phi) is 3.37. The van der Waals surface area contributed by atoms with Gasteiger partial charge in [0.2, 0.25) is 0 Å². The molecule has 0 aliphatic heterocycles. The summed E-state index contributed by atoms with van der Waals surface area (Å²) in [6, 6.07) is 8.00. The van der Waals surface area contributed by atoms with Crippen LogP contribution in [-0.4, -0.2) is 27.1 Å². The Morgan fingerprint density at radius 3 is 2.74 bits per heavy atom. The van der Waals surface area contributed by atoms with Crippen molar-refractivity contribution in [1.82, 2.24) is 9.97 Å². The normalized spacial score (nSPS) is 21.6. The summed E-state index contributed by atoms with van der Waals surface area (Å²) >= 11 is 0. The number of anilines is 1. The molecular weight excluding hydrogens is 294 g/mol. The van der Waals surface area contributed by atoms with E-state index in [1.165, 1.54) is 6.33 Å². The molecule has 1 saturated carbocycles. The largest absolute Gasteiger partial charge is 0.481 e. The fourth-order valence-corrected chi connectivity index (χ4v) is 3.30. The SMILES string of the molecule is O=C(O)C1CCC(Nc2ncnc3c2oc2ccccc23)CC1. The molecule has 4 rings (SSSR count). The maximum Gasteiger partial charge on any atom is 0.306 e. The second-order valence-corrected chi connectivity index (χ2v) is 6.03. The summed E-state index contributed by atoms with van der Waals surface area (Å²) in [5.41, 5.74) is 2.26. The number of fused-ring (bicyclic) bond motifs is 3. The third kappa shape index (κ3) is 2.50. The number of carbonyl (C=O) groups is 1. The molecule has 0 saturated heterocycles. The maximum atomic E-state index is 11.0. The number of nitrogens with one attached hydrogen (secondary N) is 1. The third-order valence-corrected chi connectivity index (χ3v) is 4.58. The number of hydrogen-bond donors (Lipinski definition) is 2. The number of nitrogens with zero attached hydrogens (tertiary/aromatic N) is 2. The number of hydrogen-bond acceptors (Lipinski definition) is 5. The highest BCUT2D eigenvalue weighted by atomic mass is 16.4. The zero-order valence-electron chi connectivity index (χ0n) is 12.5. The first-order valence-electron chi connectivity index (χ1n) is 7.84. The van der Waals surface area contributed by atoms with Crippen LogP contribution in [0.1, 0.15) is 25.7 Å². The van der Waals surface area contributed by atoms with Crippen LogP contribution in [0.5, 0.6) is 0 Å². The average molecular weight is 311 g/mol. The van der Waals surface area contributed by atoms with Crippen molar-refractivity contribution >= 4 is 33.9 Å². The summed E-state index contributed by atoms with van der Waals surface area (Å²) in [4.78, 5) is 19.7. The van der Waals surface area contributed by atoms with E-state index in [9.17, 15) is 4.79 Å². The summed E-state index contributed by atoms with van der Waals surface area (Å²) in [6.45, 7) is 0. The van der Waals surface area contributed by atoms with Gasteiger partial charge < -0.3 is 14.8 Å². The highest BCUT2D eigenvalue weighted by Crippen LogP contribution is 2.32. The molecule has 0 atom stereocenters. The molecule has 0 spiro atoms. The zero-order valence-corrected chi connectivity index (χ0v) is 12.5. The molecule has 2 heterocycles. The maximum absolute atomic E-state index is 11.0. The standard InChI is InChI=1S/C17H17N3O3/c21-17(22)10-5-7-11(8-6-10)20-16-15-14(18-9-19-16)12-3-1-2-4-13(12)23-15/h1-4,9-11H,5-8H2,(H,21,22)(H,18,19,20). The van der Waals surface area contributed by atoms with E-state index in [0.29, 0.717) is 24.2 Å². The number of benzene rings is 1. The van der Waals surface area contributed by atoms with Gasteiger partial charge in [-0.15, -0.1) is 0 Å². The Morgan fingerprint density at radius 1 is 1.17 bits per heavy atom. The molecule has 0 unspecified atom stereocenters. The second kappa shape index (κ2) is 5.53. The number of carboxylic acid groups (broad SMARTS) is 1. The first-order valence-corrected chi connectivity index (χ1v) is 7.84. The number of carboxylic acids is 1. The summed E-state index contributed by atoms with van der Waals surface area (Å²) in [6.07, 6.45) is 4.57. The molecule has 1 fully saturated rings. The quantitative estimate of drug-likeness (QED) is 0.770. The predicted molar refractivity (Wildman–Crippen MR) is 86.3 cm³/mol. The van der Waals surface area contributed by atoms with Crippen LogP contribution in [0.4, 0.5) is 5.82 Å². The van der Waals surface area contributed by atoms with Gasteiger partial charge in [0.25, 0.3) is 0 Å². The Morgan fingerprint density at radius 2 is 1.96 bits per heavy atom. The van der Waals surface area contributed by atoms with Crippen molar-refractivity contribution in [3.63, 3.8) is 0 Å². The van der Waals surface area contributed by atoms with Crippen molar-refractivity contribution in [3.05, 3.63) is 30.6 Å². The minimum absolute atomic E-state index is 0.218. The van der Waals surface area contributed by atoms with Crippen LogP contribution in [0.25, 0.3) is 22.1 Å². The number of aromatic nitrogens is 2. The van der Waals surface area contributed by atoms with Gasteiger partial charge in [0, 0.05) is 11.4 Å². The summed E-state index contributed by atoms with van der Waals surface area (Å²) in [5.74, 6) is -0.222. The van der Waals surface area contributed by atoms with E-state index in [1.54, 1.807) is 0 Å².